The van der Waals surface area contributed by atoms with Crippen molar-refractivity contribution in [1.82, 2.24) is 14.8 Å². The van der Waals surface area contributed by atoms with Crippen molar-refractivity contribution in [2.75, 3.05) is 5.32 Å². The molecule has 0 atom stereocenters. The number of hydrogen-bond donors (Lipinski definition) is 1. The first-order chi connectivity index (χ1) is 9.22. The van der Waals surface area contributed by atoms with Gasteiger partial charge in [0.2, 0.25) is 0 Å². The van der Waals surface area contributed by atoms with Crippen molar-refractivity contribution in [2.45, 2.75) is 13.1 Å². The summed E-state index contributed by atoms with van der Waals surface area (Å²) < 4.78 is 1.81. The van der Waals surface area contributed by atoms with E-state index < -0.39 is 0 Å². The molecule has 0 aliphatic rings. The van der Waals surface area contributed by atoms with E-state index in [1.807, 2.05) is 12.1 Å². The first kappa shape index (κ1) is 13.5. The van der Waals surface area contributed by atoms with Gasteiger partial charge in [-0.2, -0.15) is 5.10 Å². The summed E-state index contributed by atoms with van der Waals surface area (Å²) >= 11 is 3.29. The Bertz CT molecular complexity index is 624. The average Bonchev–Trinajstić information content (AvgIpc) is 2.44. The molecule has 2 rings (SSSR count). The lowest BCUT2D eigenvalue weighted by Gasteiger charge is -2.09. The number of hydrogen-bond acceptors (Lipinski definition) is 4. The highest BCUT2D eigenvalue weighted by Gasteiger charge is 2.07. The Morgan fingerprint density at radius 3 is 2.84 bits per heavy atom. The van der Waals surface area contributed by atoms with E-state index in [1.54, 1.807) is 24.7 Å². The number of nitrogens with one attached hydrogen (secondary N) is 1. The maximum Gasteiger partial charge on any atom is 0.283 e. The highest BCUT2D eigenvalue weighted by atomic mass is 79.9. The summed E-state index contributed by atoms with van der Waals surface area (Å²) in [5.41, 5.74) is 1.57. The maximum absolute atomic E-state index is 11.9. The van der Waals surface area contributed by atoms with Crippen LogP contribution in [0.4, 0.5) is 5.69 Å². The van der Waals surface area contributed by atoms with Gasteiger partial charge in [0.15, 0.2) is 0 Å². The molecule has 0 fully saturated rings. The van der Waals surface area contributed by atoms with Gasteiger partial charge in [0.05, 0.1) is 18.4 Å². The lowest BCUT2D eigenvalue weighted by atomic mass is 10.2. The normalized spacial score (nSPS) is 10.2. The lowest BCUT2D eigenvalue weighted by molar-refractivity contribution is 0.649. The number of allylic oxidation sites excluding steroid dienone is 1. The molecule has 0 saturated heterocycles. The molecular weight excluding hydrogens is 308 g/mol. The average molecular weight is 321 g/mol. The van der Waals surface area contributed by atoms with Crippen molar-refractivity contribution in [3.8, 4) is 0 Å². The van der Waals surface area contributed by atoms with Gasteiger partial charge in [-0.05, 0) is 33.6 Å². The second-order valence-electron chi connectivity index (χ2n) is 3.86. The molecule has 1 N–H and O–H groups in total. The van der Waals surface area contributed by atoms with Gasteiger partial charge in [-0.25, -0.2) is 4.68 Å². The molecule has 0 spiro atoms. The van der Waals surface area contributed by atoms with E-state index in [4.69, 9.17) is 0 Å². The molecule has 0 radical (unpaired) electrons. The lowest BCUT2D eigenvalue weighted by Crippen LogP contribution is -2.23. The summed E-state index contributed by atoms with van der Waals surface area (Å²) in [5, 5.41) is 7.23. The summed E-state index contributed by atoms with van der Waals surface area (Å²) in [6.07, 6.45) is 6.71. The Balaban J connectivity index is 2.16. The molecule has 6 heteroatoms. The van der Waals surface area contributed by atoms with Crippen molar-refractivity contribution in [3.05, 3.63) is 63.8 Å². The third-order valence-electron chi connectivity index (χ3n) is 2.52. The van der Waals surface area contributed by atoms with Gasteiger partial charge in [0.25, 0.3) is 5.56 Å². The van der Waals surface area contributed by atoms with E-state index in [1.165, 1.54) is 4.68 Å². The molecule has 0 aliphatic heterocycles. The number of pyridine rings is 1. The molecule has 2 heterocycles. The minimum absolute atomic E-state index is 0.181. The zero-order valence-electron chi connectivity index (χ0n) is 10.2. The Morgan fingerprint density at radius 1 is 1.42 bits per heavy atom. The minimum Gasteiger partial charge on any atom is -0.379 e. The minimum atomic E-state index is -0.181. The van der Waals surface area contributed by atoms with Crippen LogP contribution in [0.1, 0.15) is 5.56 Å². The van der Waals surface area contributed by atoms with Crippen LogP contribution < -0.4 is 10.9 Å². The van der Waals surface area contributed by atoms with E-state index in [0.29, 0.717) is 23.2 Å². The Morgan fingerprint density at radius 2 is 2.16 bits per heavy atom. The SMILES string of the molecule is C=CCn1ncc(NCc2ccncc2)c(Br)c1=O. The van der Waals surface area contributed by atoms with E-state index in [-0.39, 0.29) is 5.56 Å². The van der Waals surface area contributed by atoms with Crippen LogP contribution in [0.5, 0.6) is 0 Å². The summed E-state index contributed by atoms with van der Waals surface area (Å²) in [5.74, 6) is 0. The van der Waals surface area contributed by atoms with Gasteiger partial charge < -0.3 is 5.32 Å². The molecule has 19 heavy (non-hydrogen) atoms. The van der Waals surface area contributed by atoms with Gasteiger partial charge >= 0.3 is 0 Å². The van der Waals surface area contributed by atoms with E-state index in [2.05, 4.69) is 37.9 Å². The number of aromatic nitrogens is 3. The standard InChI is InChI=1S/C13H13BrN4O/c1-2-7-18-13(19)12(14)11(9-17-18)16-8-10-3-5-15-6-4-10/h2-6,9,16H,1,7-8H2. The fraction of sp³-hybridized carbons (Fsp3) is 0.154. The smallest absolute Gasteiger partial charge is 0.283 e. The van der Waals surface area contributed by atoms with Gasteiger partial charge in [0, 0.05) is 18.9 Å². The zero-order chi connectivity index (χ0) is 13.7. The van der Waals surface area contributed by atoms with E-state index in [0.717, 1.165) is 5.56 Å². The van der Waals surface area contributed by atoms with Crippen molar-refractivity contribution >= 4 is 21.6 Å². The Hall–Kier alpha value is -1.95. The Kier molecular flexibility index (Phi) is 4.46. The van der Waals surface area contributed by atoms with Crippen molar-refractivity contribution in [2.24, 2.45) is 0 Å². The van der Waals surface area contributed by atoms with Crippen molar-refractivity contribution < 1.29 is 0 Å². The number of anilines is 1. The largest absolute Gasteiger partial charge is 0.379 e. The molecule has 5 nitrogen and oxygen atoms in total. The van der Waals surface area contributed by atoms with Crippen LogP contribution in [0.25, 0.3) is 0 Å². The quantitative estimate of drug-likeness (QED) is 0.858. The van der Waals surface area contributed by atoms with Crippen molar-refractivity contribution in [1.29, 1.82) is 0 Å². The van der Waals surface area contributed by atoms with Gasteiger partial charge in [0.1, 0.15) is 4.47 Å². The molecule has 0 bridgehead atoms. The molecule has 0 unspecified atom stereocenters. The van der Waals surface area contributed by atoms with E-state index in [9.17, 15) is 4.79 Å². The molecule has 0 aromatic carbocycles. The van der Waals surface area contributed by atoms with Crippen LogP contribution in [-0.4, -0.2) is 14.8 Å². The van der Waals surface area contributed by atoms with Gasteiger partial charge in [-0.3, -0.25) is 9.78 Å². The molecule has 0 aliphatic carbocycles. The summed E-state index contributed by atoms with van der Waals surface area (Å²) in [7, 11) is 0. The van der Waals surface area contributed by atoms with E-state index >= 15 is 0 Å². The number of halogens is 1. The maximum atomic E-state index is 11.9. The topological polar surface area (TPSA) is 59.8 Å². The number of nitrogens with zero attached hydrogens (tertiary/aromatic N) is 3. The van der Waals surface area contributed by atoms with Crippen LogP contribution in [0.2, 0.25) is 0 Å². The fourth-order valence-electron chi connectivity index (χ4n) is 1.54. The van der Waals surface area contributed by atoms with Gasteiger partial charge in [-0.15, -0.1) is 6.58 Å². The van der Waals surface area contributed by atoms with Crippen LogP contribution >= 0.6 is 15.9 Å². The van der Waals surface area contributed by atoms with Gasteiger partial charge in [-0.1, -0.05) is 6.08 Å². The molecular formula is C13H13BrN4O. The second kappa shape index (κ2) is 6.29. The second-order valence-corrected chi connectivity index (χ2v) is 4.65. The molecule has 0 amide bonds. The summed E-state index contributed by atoms with van der Waals surface area (Å²) in [6.45, 7) is 4.58. The summed E-state index contributed by atoms with van der Waals surface area (Å²) in [6, 6.07) is 3.82. The molecule has 0 saturated carbocycles. The predicted octanol–water partition coefficient (Wildman–Crippen LogP) is 2.20. The highest BCUT2D eigenvalue weighted by Crippen LogP contribution is 2.16. The Labute approximate surface area is 119 Å². The zero-order valence-corrected chi connectivity index (χ0v) is 11.8. The third-order valence-corrected chi connectivity index (χ3v) is 3.29. The number of rotatable bonds is 5. The van der Waals surface area contributed by atoms with Crippen molar-refractivity contribution in [3.63, 3.8) is 0 Å². The van der Waals surface area contributed by atoms with Crippen LogP contribution in [0.15, 0.2) is 52.6 Å². The first-order valence-electron chi connectivity index (χ1n) is 5.71. The van der Waals surface area contributed by atoms with Crippen LogP contribution in [0, 0.1) is 0 Å². The van der Waals surface area contributed by atoms with Crippen LogP contribution in [0.3, 0.4) is 0 Å². The van der Waals surface area contributed by atoms with Crippen LogP contribution in [-0.2, 0) is 13.1 Å². The first-order valence-corrected chi connectivity index (χ1v) is 6.51. The predicted molar refractivity (Wildman–Crippen MR) is 78.0 cm³/mol. The molecule has 98 valence electrons. The molecule has 2 aromatic heterocycles. The molecule has 2 aromatic rings. The monoisotopic (exact) mass is 320 g/mol. The summed E-state index contributed by atoms with van der Waals surface area (Å²) in [4.78, 5) is 15.9. The highest BCUT2D eigenvalue weighted by molar-refractivity contribution is 9.10. The third kappa shape index (κ3) is 3.29. The fourth-order valence-corrected chi connectivity index (χ4v) is 1.99.